The molecule has 1 aliphatic rings. The number of carbonyl (C=O) groups excluding carboxylic acids is 1. The summed E-state index contributed by atoms with van der Waals surface area (Å²) in [6.45, 7) is 4.68. The van der Waals surface area contributed by atoms with Crippen LogP contribution in [0.2, 0.25) is 0 Å². The van der Waals surface area contributed by atoms with Gasteiger partial charge in [0.1, 0.15) is 0 Å². The molecule has 0 radical (unpaired) electrons. The zero-order valence-electron chi connectivity index (χ0n) is 13.7. The number of anilines is 1. The van der Waals surface area contributed by atoms with E-state index in [1.807, 2.05) is 0 Å². The van der Waals surface area contributed by atoms with Gasteiger partial charge in [0.15, 0.2) is 0 Å². The summed E-state index contributed by atoms with van der Waals surface area (Å²) in [5.74, 6) is 1.69. The van der Waals surface area contributed by atoms with Gasteiger partial charge >= 0.3 is 0 Å². The number of benzene rings is 1. The van der Waals surface area contributed by atoms with E-state index >= 15 is 0 Å². The van der Waals surface area contributed by atoms with Gasteiger partial charge in [0.05, 0.1) is 6.42 Å². The molecule has 2 rings (SSSR count). The van der Waals surface area contributed by atoms with E-state index in [-0.39, 0.29) is 5.91 Å². The molecule has 3 heteroatoms. The number of hydrogen-bond acceptors (Lipinski definition) is 2. The highest BCUT2D eigenvalue weighted by molar-refractivity contribution is 5.78. The lowest BCUT2D eigenvalue weighted by atomic mass is 9.80. The van der Waals surface area contributed by atoms with Crippen molar-refractivity contribution in [3.8, 4) is 0 Å². The maximum Gasteiger partial charge on any atom is 0.226 e. The van der Waals surface area contributed by atoms with Crippen LogP contribution in [0.25, 0.3) is 0 Å². The first kappa shape index (κ1) is 15.9. The molecule has 1 fully saturated rings. The van der Waals surface area contributed by atoms with E-state index in [1.165, 1.54) is 24.9 Å². The Morgan fingerprint density at radius 2 is 1.86 bits per heavy atom. The highest BCUT2D eigenvalue weighted by Gasteiger charge is 2.25. The van der Waals surface area contributed by atoms with Gasteiger partial charge in [-0.05, 0) is 42.4 Å². The van der Waals surface area contributed by atoms with E-state index in [9.17, 15) is 4.79 Å². The molecule has 3 atom stereocenters. The maximum absolute atomic E-state index is 11.7. The highest BCUT2D eigenvalue weighted by Crippen LogP contribution is 2.30. The molecular formula is C18H28N2O. The highest BCUT2D eigenvalue weighted by atomic mass is 16.2. The van der Waals surface area contributed by atoms with Gasteiger partial charge in [0.25, 0.3) is 0 Å². The summed E-state index contributed by atoms with van der Waals surface area (Å²) in [5, 5.41) is 3.67. The molecule has 3 nitrogen and oxygen atoms in total. The number of likely N-dealkylation sites (N-methyl/N-ethyl adjacent to an activating group) is 1. The minimum Gasteiger partial charge on any atom is -0.382 e. The monoisotopic (exact) mass is 288 g/mol. The van der Waals surface area contributed by atoms with Crippen molar-refractivity contribution < 1.29 is 4.79 Å². The number of carbonyl (C=O) groups is 1. The zero-order valence-corrected chi connectivity index (χ0v) is 13.7. The second kappa shape index (κ2) is 6.97. The number of nitrogens with zero attached hydrogens (tertiary/aromatic N) is 1. The minimum absolute atomic E-state index is 0.144. The molecule has 0 bridgehead atoms. The predicted octanol–water partition coefficient (Wildman–Crippen LogP) is 3.55. The molecule has 1 saturated carbocycles. The van der Waals surface area contributed by atoms with Gasteiger partial charge in [-0.25, -0.2) is 0 Å². The average Bonchev–Trinajstić information content (AvgIpc) is 2.45. The molecule has 0 heterocycles. The summed E-state index contributed by atoms with van der Waals surface area (Å²) < 4.78 is 0. The SMILES string of the molecule is CC1CCC(C)C(Nc2ccc(CC(=O)N(C)C)cc2)C1. The molecule has 3 unspecified atom stereocenters. The molecule has 1 aromatic carbocycles. The second-order valence-corrected chi connectivity index (χ2v) is 6.81. The molecule has 1 aromatic rings. The fourth-order valence-corrected chi connectivity index (χ4v) is 3.00. The number of amides is 1. The number of nitrogens with one attached hydrogen (secondary N) is 1. The Hall–Kier alpha value is -1.51. The van der Waals surface area contributed by atoms with Crippen LogP contribution >= 0.6 is 0 Å². The van der Waals surface area contributed by atoms with Crippen molar-refractivity contribution in [1.29, 1.82) is 0 Å². The lowest BCUT2D eigenvalue weighted by Crippen LogP contribution is -2.33. The molecule has 0 aromatic heterocycles. The van der Waals surface area contributed by atoms with E-state index in [0.717, 1.165) is 17.4 Å². The number of rotatable bonds is 4. The van der Waals surface area contributed by atoms with Gasteiger partial charge in [-0.3, -0.25) is 4.79 Å². The van der Waals surface area contributed by atoms with E-state index in [1.54, 1.807) is 19.0 Å². The van der Waals surface area contributed by atoms with Crippen molar-refractivity contribution in [3.05, 3.63) is 29.8 Å². The van der Waals surface area contributed by atoms with Crippen LogP contribution in [0.3, 0.4) is 0 Å². The molecule has 0 aliphatic heterocycles. The van der Waals surface area contributed by atoms with Gasteiger partial charge in [-0.15, -0.1) is 0 Å². The van der Waals surface area contributed by atoms with Crippen LogP contribution < -0.4 is 5.32 Å². The zero-order chi connectivity index (χ0) is 15.4. The van der Waals surface area contributed by atoms with Crippen LogP contribution in [0.15, 0.2) is 24.3 Å². The quantitative estimate of drug-likeness (QED) is 0.919. The van der Waals surface area contributed by atoms with Crippen LogP contribution in [0.4, 0.5) is 5.69 Å². The van der Waals surface area contributed by atoms with Crippen molar-refractivity contribution in [3.63, 3.8) is 0 Å². The smallest absolute Gasteiger partial charge is 0.226 e. The maximum atomic E-state index is 11.7. The van der Waals surface area contributed by atoms with Crippen molar-refractivity contribution in [2.24, 2.45) is 11.8 Å². The average molecular weight is 288 g/mol. The summed E-state index contributed by atoms with van der Waals surface area (Å²) in [6.07, 6.45) is 4.39. The Balaban J connectivity index is 1.94. The summed E-state index contributed by atoms with van der Waals surface area (Å²) in [4.78, 5) is 13.3. The topological polar surface area (TPSA) is 32.3 Å². The summed E-state index contributed by atoms with van der Waals surface area (Å²) in [6, 6.07) is 8.89. The van der Waals surface area contributed by atoms with Gasteiger partial charge in [0, 0.05) is 25.8 Å². The Kier molecular flexibility index (Phi) is 5.27. The molecule has 116 valence electrons. The molecule has 1 aliphatic carbocycles. The third-order valence-corrected chi connectivity index (χ3v) is 4.62. The van der Waals surface area contributed by atoms with Crippen LogP contribution in [0, 0.1) is 11.8 Å². The Morgan fingerprint density at radius 1 is 1.19 bits per heavy atom. The van der Waals surface area contributed by atoms with E-state index in [2.05, 4.69) is 43.4 Å². The van der Waals surface area contributed by atoms with Crippen LogP contribution in [0.5, 0.6) is 0 Å². The van der Waals surface area contributed by atoms with Crippen LogP contribution in [0.1, 0.15) is 38.7 Å². The van der Waals surface area contributed by atoms with Crippen molar-refractivity contribution >= 4 is 11.6 Å². The van der Waals surface area contributed by atoms with Gasteiger partial charge < -0.3 is 10.2 Å². The third-order valence-electron chi connectivity index (χ3n) is 4.62. The molecular weight excluding hydrogens is 260 g/mol. The van der Waals surface area contributed by atoms with E-state index < -0.39 is 0 Å². The Morgan fingerprint density at radius 3 is 2.48 bits per heavy atom. The summed E-state index contributed by atoms with van der Waals surface area (Å²) >= 11 is 0. The second-order valence-electron chi connectivity index (χ2n) is 6.81. The first-order valence-electron chi connectivity index (χ1n) is 8.01. The standard InChI is InChI=1S/C18H28N2O/c1-13-5-6-14(2)17(11-13)19-16-9-7-15(8-10-16)12-18(21)20(3)4/h7-10,13-14,17,19H,5-6,11-12H2,1-4H3. The minimum atomic E-state index is 0.144. The van der Waals surface area contributed by atoms with Crippen molar-refractivity contribution in [2.45, 2.75) is 45.6 Å². The Bertz CT molecular complexity index is 467. The first-order chi connectivity index (χ1) is 9.95. The third kappa shape index (κ3) is 4.48. The van der Waals surface area contributed by atoms with E-state index in [4.69, 9.17) is 0 Å². The first-order valence-corrected chi connectivity index (χ1v) is 8.01. The largest absolute Gasteiger partial charge is 0.382 e. The van der Waals surface area contributed by atoms with Crippen molar-refractivity contribution in [2.75, 3.05) is 19.4 Å². The van der Waals surface area contributed by atoms with E-state index in [0.29, 0.717) is 12.5 Å². The Labute approximate surface area is 128 Å². The molecule has 0 saturated heterocycles. The van der Waals surface area contributed by atoms with Gasteiger partial charge in [-0.1, -0.05) is 32.4 Å². The number of hydrogen-bond donors (Lipinski definition) is 1. The van der Waals surface area contributed by atoms with Crippen LogP contribution in [-0.4, -0.2) is 30.9 Å². The normalized spacial score (nSPS) is 25.4. The lowest BCUT2D eigenvalue weighted by Gasteiger charge is -2.34. The van der Waals surface area contributed by atoms with Crippen molar-refractivity contribution in [1.82, 2.24) is 4.90 Å². The van der Waals surface area contributed by atoms with Crippen LogP contribution in [-0.2, 0) is 11.2 Å². The molecule has 0 spiro atoms. The molecule has 1 N–H and O–H groups in total. The molecule has 1 amide bonds. The van der Waals surface area contributed by atoms with Gasteiger partial charge in [0.2, 0.25) is 5.91 Å². The molecule has 21 heavy (non-hydrogen) atoms. The fourth-order valence-electron chi connectivity index (χ4n) is 3.00. The van der Waals surface area contributed by atoms with Gasteiger partial charge in [-0.2, -0.15) is 0 Å². The summed E-state index contributed by atoms with van der Waals surface area (Å²) in [7, 11) is 3.59. The summed E-state index contributed by atoms with van der Waals surface area (Å²) in [5.41, 5.74) is 2.24. The predicted molar refractivity (Wildman–Crippen MR) is 88.4 cm³/mol. The fraction of sp³-hybridized carbons (Fsp3) is 0.611. The lowest BCUT2D eigenvalue weighted by molar-refractivity contribution is -0.127.